The van der Waals surface area contributed by atoms with E-state index < -0.39 is 0 Å². The second-order valence-corrected chi connectivity index (χ2v) is 4.31. The Morgan fingerprint density at radius 2 is 1.76 bits per heavy atom. The van der Waals surface area contributed by atoms with Crippen molar-refractivity contribution in [3.8, 4) is 5.88 Å². The fourth-order valence-corrected chi connectivity index (χ4v) is 1.61. The number of nitrogens with one attached hydrogen (secondary N) is 1. The maximum absolute atomic E-state index is 5.64. The van der Waals surface area contributed by atoms with E-state index in [1.807, 2.05) is 12.1 Å². The number of hydrogen-bond acceptors (Lipinski definition) is 6. The smallest absolute Gasteiger partial charge is 0.217 e. The molecule has 0 saturated heterocycles. The molecule has 1 rings (SSSR count). The fraction of sp³-hybridized carbons (Fsp3) is 0.667. The lowest BCUT2D eigenvalue weighted by Gasteiger charge is -2.10. The van der Waals surface area contributed by atoms with Gasteiger partial charge in [0, 0.05) is 25.4 Å². The molecule has 0 aliphatic carbocycles. The van der Waals surface area contributed by atoms with Gasteiger partial charge in [-0.25, -0.2) is 4.98 Å². The van der Waals surface area contributed by atoms with Gasteiger partial charge in [0.1, 0.15) is 6.61 Å². The molecule has 0 bridgehead atoms. The van der Waals surface area contributed by atoms with Crippen molar-refractivity contribution in [2.75, 3.05) is 53.3 Å². The molecule has 1 aromatic heterocycles. The molecule has 1 heterocycles. The average Bonchev–Trinajstić information content (AvgIpc) is 2.52. The fourth-order valence-electron chi connectivity index (χ4n) is 1.61. The molecule has 6 nitrogen and oxygen atoms in total. The molecule has 120 valence electrons. The zero-order chi connectivity index (χ0) is 15.2. The van der Waals surface area contributed by atoms with Crippen molar-refractivity contribution >= 4 is 0 Å². The van der Waals surface area contributed by atoms with E-state index in [1.54, 1.807) is 13.3 Å². The first kappa shape index (κ1) is 17.8. The highest BCUT2D eigenvalue weighted by Crippen LogP contribution is 2.13. The Balaban J connectivity index is 2.09. The summed E-state index contributed by atoms with van der Waals surface area (Å²) in [6, 6.07) is 3.92. The van der Waals surface area contributed by atoms with Crippen molar-refractivity contribution in [3.63, 3.8) is 0 Å². The number of rotatable bonds is 13. The van der Waals surface area contributed by atoms with Crippen LogP contribution >= 0.6 is 0 Å². The molecule has 1 N–H and O–H groups in total. The molecule has 0 atom stereocenters. The summed E-state index contributed by atoms with van der Waals surface area (Å²) < 4.78 is 21.2. The van der Waals surface area contributed by atoms with Crippen LogP contribution in [0.1, 0.15) is 12.5 Å². The Labute approximate surface area is 126 Å². The van der Waals surface area contributed by atoms with Crippen LogP contribution in [-0.2, 0) is 20.8 Å². The molecule has 0 spiro atoms. The van der Waals surface area contributed by atoms with Crippen LogP contribution < -0.4 is 10.1 Å². The minimum absolute atomic E-state index is 0.480. The Kier molecular flexibility index (Phi) is 10.6. The molecule has 0 radical (unpaired) electrons. The first-order chi connectivity index (χ1) is 10.4. The van der Waals surface area contributed by atoms with Gasteiger partial charge in [0.2, 0.25) is 5.88 Å². The summed E-state index contributed by atoms with van der Waals surface area (Å²) in [6.07, 6.45) is 1.73. The molecular weight excluding hydrogens is 272 g/mol. The van der Waals surface area contributed by atoms with Gasteiger partial charge in [0.15, 0.2) is 0 Å². The predicted molar refractivity (Wildman–Crippen MR) is 80.6 cm³/mol. The number of hydrogen-bond donors (Lipinski definition) is 1. The monoisotopic (exact) mass is 298 g/mol. The predicted octanol–water partition coefficient (Wildman–Crippen LogP) is 1.25. The van der Waals surface area contributed by atoms with Crippen LogP contribution in [-0.4, -0.2) is 58.3 Å². The van der Waals surface area contributed by atoms with Gasteiger partial charge in [-0.05, 0) is 12.6 Å². The maximum Gasteiger partial charge on any atom is 0.217 e. The van der Waals surface area contributed by atoms with Gasteiger partial charge in [-0.2, -0.15) is 0 Å². The Morgan fingerprint density at radius 1 is 1.05 bits per heavy atom. The van der Waals surface area contributed by atoms with E-state index >= 15 is 0 Å². The van der Waals surface area contributed by atoms with E-state index in [9.17, 15) is 0 Å². The average molecular weight is 298 g/mol. The first-order valence-electron chi connectivity index (χ1n) is 7.30. The standard InChI is InChI=1S/C15H26N2O4/c1-3-16-13-14-5-4-6-17-15(14)21-12-11-20-10-9-19-8-7-18-2/h4-6,16H,3,7-13H2,1-2H3. The molecule has 0 fully saturated rings. The number of aromatic nitrogens is 1. The van der Waals surface area contributed by atoms with Crippen LogP contribution in [0.5, 0.6) is 5.88 Å². The third kappa shape index (κ3) is 8.62. The molecule has 21 heavy (non-hydrogen) atoms. The van der Waals surface area contributed by atoms with Crippen molar-refractivity contribution in [2.45, 2.75) is 13.5 Å². The van der Waals surface area contributed by atoms with E-state index in [0.717, 1.165) is 18.7 Å². The number of pyridine rings is 1. The Hall–Kier alpha value is -1.21. The molecule has 0 saturated carbocycles. The Morgan fingerprint density at radius 3 is 2.48 bits per heavy atom. The first-order valence-corrected chi connectivity index (χ1v) is 7.30. The van der Waals surface area contributed by atoms with Crippen LogP contribution in [0.4, 0.5) is 0 Å². The second kappa shape index (κ2) is 12.5. The molecular formula is C15H26N2O4. The summed E-state index contributed by atoms with van der Waals surface area (Å²) in [5, 5.41) is 3.26. The summed E-state index contributed by atoms with van der Waals surface area (Å²) in [5.41, 5.74) is 1.06. The lowest BCUT2D eigenvalue weighted by molar-refractivity contribution is 0.0176. The van der Waals surface area contributed by atoms with Gasteiger partial charge in [0.05, 0.1) is 33.0 Å². The highest BCUT2D eigenvalue weighted by molar-refractivity contribution is 5.25. The third-order valence-corrected chi connectivity index (χ3v) is 2.69. The molecule has 6 heteroatoms. The summed E-state index contributed by atoms with van der Waals surface area (Å²) in [5.74, 6) is 0.665. The summed E-state index contributed by atoms with van der Waals surface area (Å²) in [4.78, 5) is 4.24. The topological polar surface area (TPSA) is 61.8 Å². The number of nitrogens with zero attached hydrogens (tertiary/aromatic N) is 1. The summed E-state index contributed by atoms with van der Waals surface area (Å²) in [7, 11) is 1.65. The van der Waals surface area contributed by atoms with Crippen LogP contribution in [0.25, 0.3) is 0 Å². The van der Waals surface area contributed by atoms with Gasteiger partial charge in [-0.3, -0.25) is 0 Å². The van der Waals surface area contributed by atoms with Crippen LogP contribution in [0.2, 0.25) is 0 Å². The normalized spacial score (nSPS) is 10.8. The van der Waals surface area contributed by atoms with E-state index in [-0.39, 0.29) is 0 Å². The van der Waals surface area contributed by atoms with Crippen LogP contribution in [0.15, 0.2) is 18.3 Å². The maximum atomic E-state index is 5.64. The van der Waals surface area contributed by atoms with Crippen LogP contribution in [0.3, 0.4) is 0 Å². The van der Waals surface area contributed by atoms with E-state index in [1.165, 1.54) is 0 Å². The van der Waals surface area contributed by atoms with E-state index in [0.29, 0.717) is 45.5 Å². The van der Waals surface area contributed by atoms with Crippen molar-refractivity contribution in [1.82, 2.24) is 10.3 Å². The lowest BCUT2D eigenvalue weighted by atomic mass is 10.2. The highest BCUT2D eigenvalue weighted by Gasteiger charge is 2.03. The minimum Gasteiger partial charge on any atom is -0.475 e. The number of ether oxygens (including phenoxy) is 4. The number of methoxy groups -OCH3 is 1. The van der Waals surface area contributed by atoms with E-state index in [4.69, 9.17) is 18.9 Å². The second-order valence-electron chi connectivity index (χ2n) is 4.31. The van der Waals surface area contributed by atoms with Crippen LogP contribution in [0, 0.1) is 0 Å². The van der Waals surface area contributed by atoms with Crippen molar-refractivity contribution in [2.24, 2.45) is 0 Å². The van der Waals surface area contributed by atoms with E-state index in [2.05, 4.69) is 17.2 Å². The quantitative estimate of drug-likeness (QED) is 0.553. The van der Waals surface area contributed by atoms with Gasteiger partial charge < -0.3 is 24.3 Å². The molecule has 0 aliphatic rings. The zero-order valence-corrected chi connectivity index (χ0v) is 13.0. The molecule has 0 aromatic carbocycles. The van der Waals surface area contributed by atoms with Gasteiger partial charge in [-0.1, -0.05) is 13.0 Å². The molecule has 0 amide bonds. The third-order valence-electron chi connectivity index (χ3n) is 2.69. The summed E-state index contributed by atoms with van der Waals surface area (Å²) >= 11 is 0. The zero-order valence-electron chi connectivity index (χ0n) is 13.0. The Bertz CT molecular complexity index is 363. The molecule has 1 aromatic rings. The minimum atomic E-state index is 0.480. The van der Waals surface area contributed by atoms with Gasteiger partial charge in [0.25, 0.3) is 0 Å². The van der Waals surface area contributed by atoms with Crippen molar-refractivity contribution < 1.29 is 18.9 Å². The summed E-state index contributed by atoms with van der Waals surface area (Å²) in [6.45, 7) is 7.07. The van der Waals surface area contributed by atoms with Gasteiger partial charge in [-0.15, -0.1) is 0 Å². The SMILES string of the molecule is CCNCc1cccnc1OCCOCCOCCOC. The largest absolute Gasteiger partial charge is 0.475 e. The molecule has 0 unspecified atom stereocenters. The molecule has 0 aliphatic heterocycles. The van der Waals surface area contributed by atoms with Gasteiger partial charge >= 0.3 is 0 Å². The van der Waals surface area contributed by atoms with Crippen molar-refractivity contribution in [3.05, 3.63) is 23.9 Å². The lowest BCUT2D eigenvalue weighted by Crippen LogP contribution is -2.15. The highest BCUT2D eigenvalue weighted by atomic mass is 16.6. The van der Waals surface area contributed by atoms with Crippen molar-refractivity contribution in [1.29, 1.82) is 0 Å².